The molecule has 0 aromatic heterocycles. The van der Waals surface area contributed by atoms with Gasteiger partial charge in [0.25, 0.3) is 0 Å². The molecule has 1 aromatic rings. The van der Waals surface area contributed by atoms with Crippen molar-refractivity contribution in [3.8, 4) is 5.75 Å². The number of hydrogen-bond acceptors (Lipinski definition) is 3. The van der Waals surface area contributed by atoms with Crippen LogP contribution in [0.4, 0.5) is 5.69 Å². The Kier molecular flexibility index (Phi) is 1.99. The molecule has 0 amide bonds. The first kappa shape index (κ1) is 6.74. The number of hydrogen-bond donors (Lipinski definition) is 1. The molecule has 0 saturated carbocycles. The van der Waals surface area contributed by atoms with Crippen LogP contribution in [0.2, 0.25) is 0 Å². The van der Waals surface area contributed by atoms with Gasteiger partial charge < -0.3 is 5.11 Å². The lowest BCUT2D eigenvalue weighted by Crippen LogP contribution is -1.62. The Hall–Kier alpha value is -1.38. The molecule has 0 atom stereocenters. The van der Waals surface area contributed by atoms with E-state index in [9.17, 15) is 0 Å². The number of aromatic hydroxyl groups is 1. The minimum atomic E-state index is 0.245. The topological polar surface area (TPSA) is 45.0 Å². The molecule has 0 aliphatic heterocycles. The molecule has 1 N–H and O–H groups in total. The van der Waals surface area contributed by atoms with Gasteiger partial charge in [-0.15, -0.1) is 0 Å². The highest BCUT2D eigenvalue weighted by Crippen LogP contribution is 2.16. The second-order valence-electron chi connectivity index (χ2n) is 1.82. The predicted molar refractivity (Wildman–Crippen MR) is 38.5 cm³/mol. The molecule has 0 unspecified atom stereocenters. The minimum absolute atomic E-state index is 0.245. The van der Waals surface area contributed by atoms with Crippen molar-refractivity contribution >= 4 is 5.69 Å². The van der Waals surface area contributed by atoms with Crippen molar-refractivity contribution in [2.75, 3.05) is 7.05 Å². The van der Waals surface area contributed by atoms with E-state index in [1.165, 1.54) is 0 Å². The molecule has 0 radical (unpaired) electrons. The zero-order valence-corrected chi connectivity index (χ0v) is 5.65. The summed E-state index contributed by atoms with van der Waals surface area (Å²) in [6, 6.07) is 6.54. The lowest BCUT2D eigenvalue weighted by atomic mass is 10.3. The first-order valence-electron chi connectivity index (χ1n) is 2.92. The lowest BCUT2D eigenvalue weighted by molar-refractivity contribution is 0.475. The fourth-order valence-electron chi connectivity index (χ4n) is 0.635. The lowest BCUT2D eigenvalue weighted by Gasteiger charge is -1.90. The molecule has 10 heavy (non-hydrogen) atoms. The van der Waals surface area contributed by atoms with Crippen molar-refractivity contribution in [2.45, 2.75) is 0 Å². The maximum Gasteiger partial charge on any atom is 0.115 e. The van der Waals surface area contributed by atoms with Crippen LogP contribution in [0, 0.1) is 0 Å². The average Bonchev–Trinajstić information content (AvgIpc) is 1.95. The average molecular weight is 136 g/mol. The Morgan fingerprint density at radius 1 is 1.20 bits per heavy atom. The Morgan fingerprint density at radius 3 is 2.30 bits per heavy atom. The fraction of sp³-hybridized carbons (Fsp3) is 0.143. The van der Waals surface area contributed by atoms with Crippen molar-refractivity contribution in [2.24, 2.45) is 10.2 Å². The first-order chi connectivity index (χ1) is 4.83. The van der Waals surface area contributed by atoms with Crippen molar-refractivity contribution in [3.05, 3.63) is 24.3 Å². The number of phenolic OH excluding ortho intramolecular Hbond substituents is 1. The molecule has 0 bridgehead atoms. The normalized spacial score (nSPS) is 10.5. The first-order valence-corrected chi connectivity index (χ1v) is 2.92. The van der Waals surface area contributed by atoms with Crippen LogP contribution >= 0.6 is 0 Å². The molecule has 0 spiro atoms. The van der Waals surface area contributed by atoms with E-state index in [2.05, 4.69) is 10.2 Å². The maximum atomic E-state index is 8.85. The fourth-order valence-corrected chi connectivity index (χ4v) is 0.635. The molecule has 0 aliphatic rings. The maximum absolute atomic E-state index is 8.85. The van der Waals surface area contributed by atoms with Gasteiger partial charge in [-0.3, -0.25) is 0 Å². The van der Waals surface area contributed by atoms with Crippen LogP contribution in [0.5, 0.6) is 5.75 Å². The predicted octanol–water partition coefficient (Wildman–Crippen LogP) is 2.11. The Morgan fingerprint density at radius 2 is 1.80 bits per heavy atom. The van der Waals surface area contributed by atoms with Crippen LogP contribution in [-0.2, 0) is 0 Å². The number of benzene rings is 1. The highest BCUT2D eigenvalue weighted by molar-refractivity contribution is 5.39. The standard InChI is InChI=1S/C7H8N2O/c1-8-9-6-2-4-7(10)5-3-6/h2-5,10H,1H3/b9-8+. The SMILES string of the molecule is C/N=N/c1ccc(O)cc1. The molecule has 52 valence electrons. The Balaban J connectivity index is 2.89. The second-order valence-corrected chi connectivity index (χ2v) is 1.82. The van der Waals surface area contributed by atoms with Crippen LogP contribution < -0.4 is 0 Å². The monoisotopic (exact) mass is 136 g/mol. The quantitative estimate of drug-likeness (QED) is 0.590. The summed E-state index contributed by atoms with van der Waals surface area (Å²) in [5, 5.41) is 16.2. The molecule has 0 fully saturated rings. The highest BCUT2D eigenvalue weighted by atomic mass is 16.3. The van der Waals surface area contributed by atoms with Crippen LogP contribution in [0.3, 0.4) is 0 Å². The summed E-state index contributed by atoms with van der Waals surface area (Å²) in [7, 11) is 1.60. The van der Waals surface area contributed by atoms with Crippen molar-refractivity contribution in [1.82, 2.24) is 0 Å². The third kappa shape index (κ3) is 1.55. The van der Waals surface area contributed by atoms with E-state index >= 15 is 0 Å². The van der Waals surface area contributed by atoms with Gasteiger partial charge in [0.2, 0.25) is 0 Å². The van der Waals surface area contributed by atoms with Gasteiger partial charge in [-0.25, -0.2) is 0 Å². The highest BCUT2D eigenvalue weighted by Gasteiger charge is 1.87. The van der Waals surface area contributed by atoms with E-state index in [-0.39, 0.29) is 5.75 Å². The molecular weight excluding hydrogens is 128 g/mol. The number of phenols is 1. The Bertz CT molecular complexity index is 228. The van der Waals surface area contributed by atoms with Crippen LogP contribution in [0.25, 0.3) is 0 Å². The summed E-state index contributed by atoms with van der Waals surface area (Å²) >= 11 is 0. The number of azo groups is 1. The Labute approximate surface area is 59.0 Å². The molecule has 3 heteroatoms. The number of nitrogens with zero attached hydrogens (tertiary/aromatic N) is 2. The largest absolute Gasteiger partial charge is 0.508 e. The third-order valence-corrected chi connectivity index (χ3v) is 1.07. The zero-order chi connectivity index (χ0) is 7.40. The number of rotatable bonds is 1. The van der Waals surface area contributed by atoms with E-state index in [1.54, 1.807) is 31.3 Å². The van der Waals surface area contributed by atoms with E-state index < -0.39 is 0 Å². The third-order valence-electron chi connectivity index (χ3n) is 1.07. The van der Waals surface area contributed by atoms with E-state index in [0.29, 0.717) is 0 Å². The van der Waals surface area contributed by atoms with Crippen molar-refractivity contribution in [1.29, 1.82) is 0 Å². The summed E-state index contributed by atoms with van der Waals surface area (Å²) in [6.07, 6.45) is 0. The van der Waals surface area contributed by atoms with Gasteiger partial charge in [0.05, 0.1) is 5.69 Å². The van der Waals surface area contributed by atoms with Crippen molar-refractivity contribution in [3.63, 3.8) is 0 Å². The summed E-state index contributed by atoms with van der Waals surface area (Å²) in [6.45, 7) is 0. The molecule has 1 aromatic carbocycles. The molecule has 0 saturated heterocycles. The molecule has 0 aliphatic carbocycles. The van der Waals surface area contributed by atoms with Gasteiger partial charge in [-0.05, 0) is 24.3 Å². The van der Waals surface area contributed by atoms with Crippen LogP contribution in [0.15, 0.2) is 34.5 Å². The second kappa shape index (κ2) is 2.96. The van der Waals surface area contributed by atoms with E-state index in [0.717, 1.165) is 5.69 Å². The van der Waals surface area contributed by atoms with Gasteiger partial charge >= 0.3 is 0 Å². The molecule has 1 rings (SSSR count). The summed E-state index contributed by atoms with van der Waals surface area (Å²) in [4.78, 5) is 0. The van der Waals surface area contributed by atoms with Gasteiger partial charge in [0, 0.05) is 7.05 Å². The molecule has 0 heterocycles. The smallest absolute Gasteiger partial charge is 0.115 e. The van der Waals surface area contributed by atoms with Gasteiger partial charge in [-0.2, -0.15) is 10.2 Å². The zero-order valence-electron chi connectivity index (χ0n) is 5.65. The van der Waals surface area contributed by atoms with Gasteiger partial charge in [0.15, 0.2) is 0 Å². The summed E-state index contributed by atoms with van der Waals surface area (Å²) in [5.41, 5.74) is 0.750. The van der Waals surface area contributed by atoms with Crippen molar-refractivity contribution < 1.29 is 5.11 Å². The van der Waals surface area contributed by atoms with Gasteiger partial charge in [-0.1, -0.05) is 0 Å². The van der Waals surface area contributed by atoms with Crippen LogP contribution in [0.1, 0.15) is 0 Å². The summed E-state index contributed by atoms with van der Waals surface area (Å²) < 4.78 is 0. The van der Waals surface area contributed by atoms with E-state index in [1.807, 2.05) is 0 Å². The van der Waals surface area contributed by atoms with Crippen LogP contribution in [-0.4, -0.2) is 12.2 Å². The summed E-state index contributed by atoms with van der Waals surface area (Å²) in [5.74, 6) is 0.245. The van der Waals surface area contributed by atoms with Gasteiger partial charge in [0.1, 0.15) is 5.75 Å². The molecule has 3 nitrogen and oxygen atoms in total. The van der Waals surface area contributed by atoms with E-state index in [4.69, 9.17) is 5.11 Å². The minimum Gasteiger partial charge on any atom is -0.508 e. The molecular formula is C7H8N2O.